The van der Waals surface area contributed by atoms with Crippen molar-refractivity contribution in [1.29, 1.82) is 0 Å². The Bertz CT molecular complexity index is 407. The summed E-state index contributed by atoms with van der Waals surface area (Å²) >= 11 is 0. The van der Waals surface area contributed by atoms with Crippen LogP contribution in [0.4, 0.5) is 4.79 Å². The third-order valence-electron chi connectivity index (χ3n) is 5.34. The molecule has 0 aromatic carbocycles. The van der Waals surface area contributed by atoms with Crippen molar-refractivity contribution < 1.29 is 14.7 Å². The Kier molecular flexibility index (Phi) is 3.38. The number of nitrogens with one attached hydrogen (secondary N) is 2. The Morgan fingerprint density at radius 1 is 1.20 bits per heavy atom. The molecule has 5 heteroatoms. The Hall–Kier alpha value is -1.26. The van der Waals surface area contributed by atoms with Gasteiger partial charge in [0.2, 0.25) is 0 Å². The van der Waals surface area contributed by atoms with Crippen LogP contribution in [0.5, 0.6) is 0 Å². The molecule has 3 N–H and O–H groups in total. The van der Waals surface area contributed by atoms with Gasteiger partial charge in [0.15, 0.2) is 0 Å². The lowest BCUT2D eigenvalue weighted by Crippen LogP contribution is -2.48. The quantitative estimate of drug-likeness (QED) is 0.719. The second-order valence-corrected chi connectivity index (χ2v) is 7.15. The number of rotatable bonds is 5. The van der Waals surface area contributed by atoms with Crippen LogP contribution in [0, 0.1) is 29.6 Å². The van der Waals surface area contributed by atoms with Crippen LogP contribution in [0.3, 0.4) is 0 Å². The van der Waals surface area contributed by atoms with Crippen LogP contribution in [0.2, 0.25) is 0 Å². The molecular formula is C15H24N2O3. The Morgan fingerprint density at radius 2 is 1.80 bits per heavy atom. The minimum Gasteiger partial charge on any atom is -0.480 e. The summed E-state index contributed by atoms with van der Waals surface area (Å²) in [6.45, 7) is 3.91. The zero-order valence-electron chi connectivity index (χ0n) is 12.1. The number of fused-ring (bicyclic) bond motifs is 5. The van der Waals surface area contributed by atoms with Gasteiger partial charge in [0.05, 0.1) is 0 Å². The van der Waals surface area contributed by atoms with Crippen LogP contribution in [-0.2, 0) is 4.79 Å². The molecular weight excluding hydrogens is 256 g/mol. The minimum absolute atomic E-state index is 0.243. The molecule has 0 heterocycles. The molecule has 112 valence electrons. The van der Waals surface area contributed by atoms with E-state index < -0.39 is 12.0 Å². The predicted molar refractivity (Wildman–Crippen MR) is 74.1 cm³/mol. The third kappa shape index (κ3) is 2.38. The predicted octanol–water partition coefficient (Wildman–Crippen LogP) is 1.83. The van der Waals surface area contributed by atoms with Crippen LogP contribution < -0.4 is 10.6 Å². The number of hydrogen-bond acceptors (Lipinski definition) is 2. The highest BCUT2D eigenvalue weighted by atomic mass is 16.4. The van der Waals surface area contributed by atoms with Crippen LogP contribution in [-0.4, -0.2) is 29.2 Å². The molecule has 3 fully saturated rings. The van der Waals surface area contributed by atoms with Crippen molar-refractivity contribution in [2.45, 2.75) is 51.6 Å². The zero-order chi connectivity index (χ0) is 14.4. The molecule has 0 spiro atoms. The van der Waals surface area contributed by atoms with E-state index in [1.807, 2.05) is 13.8 Å². The average molecular weight is 280 g/mol. The zero-order valence-corrected chi connectivity index (χ0v) is 12.1. The number of urea groups is 1. The van der Waals surface area contributed by atoms with E-state index in [4.69, 9.17) is 5.11 Å². The molecule has 0 aliphatic heterocycles. The molecule has 5 atom stereocenters. The van der Waals surface area contributed by atoms with E-state index >= 15 is 0 Å². The van der Waals surface area contributed by atoms with Crippen molar-refractivity contribution in [3.8, 4) is 0 Å². The van der Waals surface area contributed by atoms with E-state index in [2.05, 4.69) is 10.6 Å². The summed E-state index contributed by atoms with van der Waals surface area (Å²) in [5.74, 6) is 2.25. The molecule has 3 aliphatic rings. The van der Waals surface area contributed by atoms with E-state index in [-0.39, 0.29) is 11.9 Å². The highest BCUT2D eigenvalue weighted by Crippen LogP contribution is 2.65. The summed E-state index contributed by atoms with van der Waals surface area (Å²) in [5.41, 5.74) is 0. The summed E-state index contributed by atoms with van der Waals surface area (Å²) in [6.07, 6.45) is 4.44. The van der Waals surface area contributed by atoms with Gasteiger partial charge in [-0.25, -0.2) is 9.59 Å². The maximum Gasteiger partial charge on any atom is 0.326 e. The number of carbonyl (C=O) groups is 2. The van der Waals surface area contributed by atoms with Gasteiger partial charge in [0.1, 0.15) is 6.04 Å². The van der Waals surface area contributed by atoms with Gasteiger partial charge >= 0.3 is 12.0 Å². The maximum absolute atomic E-state index is 12.0. The lowest BCUT2D eigenvalue weighted by molar-refractivity contribution is -0.139. The van der Waals surface area contributed by atoms with E-state index in [1.54, 1.807) is 0 Å². The average Bonchev–Trinajstić information content (AvgIpc) is 2.76. The number of carboxylic acids is 1. The number of carbonyl (C=O) groups excluding carboxylic acids is 1. The van der Waals surface area contributed by atoms with Crippen molar-refractivity contribution in [3.05, 3.63) is 0 Å². The molecule has 3 aliphatic carbocycles. The van der Waals surface area contributed by atoms with Crippen molar-refractivity contribution >= 4 is 12.0 Å². The fourth-order valence-corrected chi connectivity index (χ4v) is 4.56. The van der Waals surface area contributed by atoms with E-state index in [1.165, 1.54) is 19.3 Å². The monoisotopic (exact) mass is 280 g/mol. The minimum atomic E-state index is -0.954. The molecule has 0 aromatic rings. The van der Waals surface area contributed by atoms with Gasteiger partial charge in [0.25, 0.3) is 0 Å². The van der Waals surface area contributed by atoms with Gasteiger partial charge in [-0.1, -0.05) is 13.8 Å². The van der Waals surface area contributed by atoms with Gasteiger partial charge in [0, 0.05) is 6.04 Å². The van der Waals surface area contributed by atoms with Gasteiger partial charge in [-0.3, -0.25) is 0 Å². The molecule has 20 heavy (non-hydrogen) atoms. The lowest BCUT2D eigenvalue weighted by Gasteiger charge is -2.18. The highest BCUT2D eigenvalue weighted by molar-refractivity contribution is 5.82. The second kappa shape index (κ2) is 4.93. The van der Waals surface area contributed by atoms with E-state index in [0.29, 0.717) is 24.3 Å². The smallest absolute Gasteiger partial charge is 0.326 e. The maximum atomic E-state index is 12.0. The number of amides is 2. The third-order valence-corrected chi connectivity index (χ3v) is 5.34. The molecule has 4 unspecified atom stereocenters. The Labute approximate surface area is 119 Å². The number of hydrogen-bond donors (Lipinski definition) is 3. The molecule has 5 nitrogen and oxygen atoms in total. The van der Waals surface area contributed by atoms with Crippen LogP contribution in [0.15, 0.2) is 0 Å². The number of aliphatic carboxylic acids is 1. The van der Waals surface area contributed by atoms with E-state index in [0.717, 1.165) is 11.8 Å². The van der Waals surface area contributed by atoms with Crippen LogP contribution >= 0.6 is 0 Å². The SMILES string of the molecule is CC(C)C[C@H](NC(=O)NC1C2C3CCC(C3)C12)C(=O)O. The lowest BCUT2D eigenvalue weighted by atomic mass is 10.0. The summed E-state index contributed by atoms with van der Waals surface area (Å²) in [4.78, 5) is 23.1. The van der Waals surface area contributed by atoms with Crippen LogP contribution in [0.25, 0.3) is 0 Å². The molecule has 3 rings (SSSR count). The highest BCUT2D eigenvalue weighted by Gasteiger charge is 2.65. The Morgan fingerprint density at radius 3 is 2.30 bits per heavy atom. The summed E-state index contributed by atoms with van der Waals surface area (Å²) in [5, 5.41) is 14.7. The molecule has 2 bridgehead atoms. The molecule has 0 radical (unpaired) electrons. The van der Waals surface area contributed by atoms with Crippen molar-refractivity contribution in [1.82, 2.24) is 10.6 Å². The normalized spacial score (nSPS) is 38.5. The fraction of sp³-hybridized carbons (Fsp3) is 0.867. The second-order valence-electron chi connectivity index (χ2n) is 7.15. The standard InChI is InChI=1S/C15H24N2O3/c1-7(2)5-10(14(18)19)16-15(20)17-13-11-8-3-4-9(6-8)12(11)13/h7-13H,3-6H2,1-2H3,(H,18,19)(H2,16,17,20)/t8?,9?,10-,11?,12?,13?/m0/s1. The molecule has 0 saturated heterocycles. The van der Waals surface area contributed by atoms with Crippen molar-refractivity contribution in [2.75, 3.05) is 0 Å². The summed E-state index contributed by atoms with van der Waals surface area (Å²) in [6, 6.07) is -0.795. The topological polar surface area (TPSA) is 78.4 Å². The van der Waals surface area contributed by atoms with Gasteiger partial charge in [-0.05, 0) is 55.3 Å². The largest absolute Gasteiger partial charge is 0.480 e. The van der Waals surface area contributed by atoms with Gasteiger partial charge in [-0.15, -0.1) is 0 Å². The summed E-state index contributed by atoms with van der Waals surface area (Å²) < 4.78 is 0. The van der Waals surface area contributed by atoms with Crippen molar-refractivity contribution in [2.24, 2.45) is 29.6 Å². The number of carboxylic acid groups (broad SMARTS) is 1. The molecule has 2 amide bonds. The molecule has 0 aromatic heterocycles. The summed E-state index contributed by atoms with van der Waals surface area (Å²) in [7, 11) is 0. The Balaban J connectivity index is 1.49. The fourth-order valence-electron chi connectivity index (χ4n) is 4.56. The van der Waals surface area contributed by atoms with Crippen LogP contribution in [0.1, 0.15) is 39.5 Å². The van der Waals surface area contributed by atoms with Crippen molar-refractivity contribution in [3.63, 3.8) is 0 Å². The first-order chi connectivity index (χ1) is 9.47. The molecule has 3 saturated carbocycles. The van der Waals surface area contributed by atoms with Gasteiger partial charge in [-0.2, -0.15) is 0 Å². The first kappa shape index (κ1) is 13.7. The first-order valence-electron chi connectivity index (χ1n) is 7.77. The first-order valence-corrected chi connectivity index (χ1v) is 7.77. The van der Waals surface area contributed by atoms with E-state index in [9.17, 15) is 9.59 Å². The van der Waals surface area contributed by atoms with Gasteiger partial charge < -0.3 is 15.7 Å².